The Bertz CT molecular complexity index is 827. The smallest absolute Gasteiger partial charge is 0.272 e. The molecule has 0 spiro atoms. The van der Waals surface area contributed by atoms with E-state index in [4.69, 9.17) is 16.0 Å². The minimum absolute atomic E-state index is 0.334. The Labute approximate surface area is 137 Å². The fourth-order valence-electron chi connectivity index (χ4n) is 1.91. The van der Waals surface area contributed by atoms with Crippen LogP contribution in [0.1, 0.15) is 16.1 Å². The van der Waals surface area contributed by atoms with Crippen LogP contribution < -0.4 is 5.43 Å². The quantitative estimate of drug-likeness (QED) is 0.586. The van der Waals surface area contributed by atoms with Crippen LogP contribution in [0.3, 0.4) is 0 Å². The van der Waals surface area contributed by atoms with E-state index in [1.54, 1.807) is 36.5 Å². The third kappa shape index (κ3) is 3.84. The molecule has 6 heteroatoms. The maximum Gasteiger partial charge on any atom is 0.272 e. The Morgan fingerprint density at radius 1 is 1.17 bits per heavy atom. The fourth-order valence-corrected chi connectivity index (χ4v) is 2.03. The van der Waals surface area contributed by atoms with Crippen LogP contribution in [0, 0.1) is 0 Å². The van der Waals surface area contributed by atoms with E-state index in [1.165, 1.54) is 12.4 Å². The van der Waals surface area contributed by atoms with Gasteiger partial charge in [-0.3, -0.25) is 9.78 Å². The van der Waals surface area contributed by atoms with Gasteiger partial charge in [0.25, 0.3) is 5.91 Å². The van der Waals surface area contributed by atoms with Crippen molar-refractivity contribution in [3.63, 3.8) is 0 Å². The van der Waals surface area contributed by atoms with E-state index in [1.807, 2.05) is 18.2 Å². The zero-order chi connectivity index (χ0) is 16.1. The van der Waals surface area contributed by atoms with E-state index in [0.29, 0.717) is 22.1 Å². The van der Waals surface area contributed by atoms with Crippen molar-refractivity contribution in [2.75, 3.05) is 0 Å². The highest BCUT2D eigenvalue weighted by Gasteiger charge is 2.05. The number of hydrogen-bond donors (Lipinski definition) is 1. The minimum Gasteiger partial charge on any atom is -0.455 e. The highest BCUT2D eigenvalue weighted by atomic mass is 35.5. The van der Waals surface area contributed by atoms with E-state index < -0.39 is 0 Å². The van der Waals surface area contributed by atoms with E-state index >= 15 is 0 Å². The molecule has 114 valence electrons. The number of furan rings is 1. The molecule has 0 aliphatic rings. The monoisotopic (exact) mass is 325 g/mol. The van der Waals surface area contributed by atoms with Gasteiger partial charge >= 0.3 is 0 Å². The third-order valence-electron chi connectivity index (χ3n) is 3.04. The van der Waals surface area contributed by atoms with Crippen LogP contribution in [0.2, 0.25) is 5.02 Å². The summed E-state index contributed by atoms with van der Waals surface area (Å²) in [6, 6.07) is 14.3. The van der Waals surface area contributed by atoms with Gasteiger partial charge in [0, 0.05) is 23.0 Å². The van der Waals surface area contributed by atoms with Gasteiger partial charge in [0.1, 0.15) is 11.5 Å². The lowest BCUT2D eigenvalue weighted by molar-refractivity contribution is 0.0955. The van der Waals surface area contributed by atoms with Crippen molar-refractivity contribution in [2.45, 2.75) is 0 Å². The lowest BCUT2D eigenvalue weighted by Gasteiger charge is -1.98. The van der Waals surface area contributed by atoms with Gasteiger partial charge in [0.05, 0.1) is 11.8 Å². The Morgan fingerprint density at radius 3 is 2.74 bits per heavy atom. The number of rotatable bonds is 4. The number of benzene rings is 1. The number of carbonyl (C=O) groups excluding carboxylic acids is 1. The largest absolute Gasteiger partial charge is 0.455 e. The van der Waals surface area contributed by atoms with Crippen molar-refractivity contribution in [2.24, 2.45) is 5.10 Å². The number of pyridine rings is 1. The first-order chi connectivity index (χ1) is 11.2. The number of halogens is 1. The van der Waals surface area contributed by atoms with Crippen molar-refractivity contribution >= 4 is 23.7 Å². The van der Waals surface area contributed by atoms with E-state index in [9.17, 15) is 4.79 Å². The van der Waals surface area contributed by atoms with Crippen molar-refractivity contribution < 1.29 is 9.21 Å². The number of hydrazone groups is 1. The van der Waals surface area contributed by atoms with E-state index in [0.717, 1.165) is 5.56 Å². The fraction of sp³-hybridized carbons (Fsp3) is 0. The maximum atomic E-state index is 11.8. The number of nitrogens with one attached hydrogen (secondary N) is 1. The van der Waals surface area contributed by atoms with Gasteiger partial charge in [-0.2, -0.15) is 5.10 Å². The Balaban J connectivity index is 1.65. The van der Waals surface area contributed by atoms with Crippen LogP contribution in [0.4, 0.5) is 0 Å². The average Bonchev–Trinajstić information content (AvgIpc) is 3.05. The SMILES string of the molecule is O=C(NN=Cc1ccc(-c2ccc(Cl)cc2)o1)c1cccnc1. The topological polar surface area (TPSA) is 67.5 Å². The Hall–Kier alpha value is -2.92. The predicted molar refractivity (Wildman–Crippen MR) is 88.5 cm³/mol. The lowest BCUT2D eigenvalue weighted by atomic mass is 10.2. The van der Waals surface area contributed by atoms with Gasteiger partial charge in [0.2, 0.25) is 0 Å². The lowest BCUT2D eigenvalue weighted by Crippen LogP contribution is -2.17. The van der Waals surface area contributed by atoms with Gasteiger partial charge < -0.3 is 4.42 Å². The first-order valence-corrected chi connectivity index (χ1v) is 7.19. The van der Waals surface area contributed by atoms with Crippen LogP contribution in [0.5, 0.6) is 0 Å². The summed E-state index contributed by atoms with van der Waals surface area (Å²) in [4.78, 5) is 15.7. The highest BCUT2D eigenvalue weighted by Crippen LogP contribution is 2.23. The second-order valence-corrected chi connectivity index (χ2v) is 5.09. The molecule has 1 aromatic carbocycles. The minimum atomic E-state index is -0.334. The first kappa shape index (κ1) is 15.0. The molecule has 2 aromatic heterocycles. The molecule has 0 saturated heterocycles. The van der Waals surface area contributed by atoms with Crippen molar-refractivity contribution in [3.8, 4) is 11.3 Å². The molecule has 0 saturated carbocycles. The zero-order valence-corrected chi connectivity index (χ0v) is 12.7. The third-order valence-corrected chi connectivity index (χ3v) is 3.29. The number of carbonyl (C=O) groups is 1. The molecule has 0 fully saturated rings. The van der Waals surface area contributed by atoms with Gasteiger partial charge in [-0.1, -0.05) is 11.6 Å². The molecule has 0 aliphatic heterocycles. The molecular formula is C17H12ClN3O2. The van der Waals surface area contributed by atoms with E-state index in [-0.39, 0.29) is 5.91 Å². The molecule has 3 rings (SSSR count). The summed E-state index contributed by atoms with van der Waals surface area (Å²) < 4.78 is 5.64. The molecule has 5 nitrogen and oxygen atoms in total. The van der Waals surface area contributed by atoms with Gasteiger partial charge in [0.15, 0.2) is 0 Å². The number of amides is 1. The Kier molecular flexibility index (Phi) is 4.49. The second kappa shape index (κ2) is 6.89. The van der Waals surface area contributed by atoms with Crippen LogP contribution in [-0.2, 0) is 0 Å². The molecule has 1 N–H and O–H groups in total. The number of aromatic nitrogens is 1. The number of nitrogens with zero attached hydrogens (tertiary/aromatic N) is 2. The van der Waals surface area contributed by atoms with Crippen molar-refractivity contribution in [3.05, 3.63) is 77.3 Å². The van der Waals surface area contributed by atoms with Crippen LogP contribution in [-0.4, -0.2) is 17.1 Å². The molecule has 0 unspecified atom stereocenters. The molecule has 3 aromatic rings. The second-order valence-electron chi connectivity index (χ2n) is 4.65. The van der Waals surface area contributed by atoms with Crippen LogP contribution >= 0.6 is 11.6 Å². The summed E-state index contributed by atoms with van der Waals surface area (Å²) in [5.74, 6) is 0.891. The molecule has 2 heterocycles. The van der Waals surface area contributed by atoms with Crippen LogP contribution in [0.25, 0.3) is 11.3 Å². The maximum absolute atomic E-state index is 11.8. The highest BCUT2D eigenvalue weighted by molar-refractivity contribution is 6.30. The van der Waals surface area contributed by atoms with Crippen LogP contribution in [0.15, 0.2) is 70.4 Å². The summed E-state index contributed by atoms with van der Waals surface area (Å²) in [6.45, 7) is 0. The van der Waals surface area contributed by atoms with Gasteiger partial charge in [-0.15, -0.1) is 0 Å². The molecule has 0 atom stereocenters. The summed E-state index contributed by atoms with van der Waals surface area (Å²) in [5, 5.41) is 4.54. The number of hydrogen-bond acceptors (Lipinski definition) is 4. The van der Waals surface area contributed by atoms with Gasteiger partial charge in [-0.05, 0) is 48.5 Å². The predicted octanol–water partition coefficient (Wildman–Crippen LogP) is 3.76. The standard InChI is InChI=1S/C17H12ClN3O2/c18-14-5-3-12(4-6-14)16-8-7-15(23-16)11-20-21-17(22)13-2-1-9-19-10-13/h1-11H,(H,21,22). The summed E-state index contributed by atoms with van der Waals surface area (Å²) in [7, 11) is 0. The molecule has 1 amide bonds. The molecule has 0 aliphatic carbocycles. The summed E-state index contributed by atoms with van der Waals surface area (Å²) in [6.07, 6.45) is 4.51. The zero-order valence-electron chi connectivity index (χ0n) is 11.9. The summed E-state index contributed by atoms with van der Waals surface area (Å²) >= 11 is 5.86. The molecule has 0 radical (unpaired) electrons. The Morgan fingerprint density at radius 2 is 2.00 bits per heavy atom. The normalized spacial score (nSPS) is 10.8. The van der Waals surface area contributed by atoms with Crippen molar-refractivity contribution in [1.29, 1.82) is 0 Å². The summed E-state index contributed by atoms with van der Waals surface area (Å²) in [5.41, 5.74) is 3.76. The molecular weight excluding hydrogens is 314 g/mol. The molecule has 23 heavy (non-hydrogen) atoms. The van der Waals surface area contributed by atoms with Gasteiger partial charge in [-0.25, -0.2) is 5.43 Å². The first-order valence-electron chi connectivity index (χ1n) is 6.81. The van der Waals surface area contributed by atoms with E-state index in [2.05, 4.69) is 15.5 Å². The average molecular weight is 326 g/mol. The molecule has 0 bridgehead atoms. The van der Waals surface area contributed by atoms with Crippen molar-refractivity contribution in [1.82, 2.24) is 10.4 Å².